The number of hydrogen-bond acceptors (Lipinski definition) is 7. The average molecular weight is 484 g/mol. The van der Waals surface area contributed by atoms with Gasteiger partial charge in [-0.05, 0) is 43.3 Å². The Morgan fingerprint density at radius 3 is 2.39 bits per heavy atom. The number of ether oxygens (including phenoxy) is 3. The molecule has 0 aliphatic heterocycles. The zero-order chi connectivity index (χ0) is 24.2. The Morgan fingerprint density at radius 1 is 1.06 bits per heavy atom. The van der Waals surface area contributed by atoms with Crippen LogP contribution in [0.25, 0.3) is 11.3 Å². The van der Waals surface area contributed by atoms with Gasteiger partial charge in [-0.3, -0.25) is 0 Å². The largest absolute Gasteiger partial charge is 0.484 e. The third kappa shape index (κ3) is 6.72. The monoisotopic (exact) mass is 484 g/mol. The van der Waals surface area contributed by atoms with Gasteiger partial charge in [0.05, 0.1) is 12.8 Å². The van der Waals surface area contributed by atoms with Crippen molar-refractivity contribution in [2.45, 2.75) is 18.1 Å². The van der Waals surface area contributed by atoms with E-state index >= 15 is 0 Å². The molecule has 0 radical (unpaired) electrons. The highest BCUT2D eigenvalue weighted by Crippen LogP contribution is 2.33. The van der Waals surface area contributed by atoms with Crippen LogP contribution in [-0.4, -0.2) is 50.0 Å². The second-order valence-electron chi connectivity index (χ2n) is 6.81. The standard InChI is InChI=1S/C21H19F3N2O6S/c1-3-30-20(27)18-6-5-17(26-18)13-8-15(31-12-21(22,23)24)10-16(9-13)32-14-4-7-19(25-11-14)33(2,28)29/h4-11,26H,3,12H2,1-2H3. The van der Waals surface area contributed by atoms with Crippen molar-refractivity contribution < 1.29 is 40.6 Å². The number of hydrogen-bond donors (Lipinski definition) is 1. The molecule has 1 N–H and O–H groups in total. The fraction of sp³-hybridized carbons (Fsp3) is 0.238. The summed E-state index contributed by atoms with van der Waals surface area (Å²) in [6, 6.07) is 9.74. The fourth-order valence-electron chi connectivity index (χ4n) is 2.71. The number of aromatic nitrogens is 2. The van der Waals surface area contributed by atoms with Crippen molar-refractivity contribution in [3.63, 3.8) is 0 Å². The van der Waals surface area contributed by atoms with Crippen molar-refractivity contribution in [3.8, 4) is 28.5 Å². The van der Waals surface area contributed by atoms with Gasteiger partial charge in [0.1, 0.15) is 22.9 Å². The van der Waals surface area contributed by atoms with Gasteiger partial charge in [0.25, 0.3) is 0 Å². The number of benzene rings is 1. The fourth-order valence-corrected chi connectivity index (χ4v) is 3.27. The van der Waals surface area contributed by atoms with Crippen molar-refractivity contribution in [2.24, 2.45) is 0 Å². The highest BCUT2D eigenvalue weighted by atomic mass is 32.2. The summed E-state index contributed by atoms with van der Waals surface area (Å²) in [6.07, 6.45) is -2.37. The maximum Gasteiger partial charge on any atom is 0.422 e. The van der Waals surface area contributed by atoms with E-state index in [-0.39, 0.29) is 34.6 Å². The molecule has 8 nitrogen and oxygen atoms in total. The van der Waals surface area contributed by atoms with Crippen molar-refractivity contribution in [3.05, 3.63) is 54.4 Å². The molecule has 33 heavy (non-hydrogen) atoms. The minimum absolute atomic E-state index is 0.103. The number of carbonyl (C=O) groups is 1. The molecule has 0 bridgehead atoms. The van der Waals surface area contributed by atoms with Gasteiger partial charge < -0.3 is 19.2 Å². The predicted molar refractivity (Wildman–Crippen MR) is 111 cm³/mol. The van der Waals surface area contributed by atoms with Crippen LogP contribution in [0.5, 0.6) is 17.2 Å². The van der Waals surface area contributed by atoms with Crippen LogP contribution in [0.1, 0.15) is 17.4 Å². The molecule has 176 valence electrons. The molecular weight excluding hydrogens is 465 g/mol. The first-order valence-corrected chi connectivity index (χ1v) is 11.4. The van der Waals surface area contributed by atoms with Crippen LogP contribution in [0.15, 0.2) is 53.7 Å². The third-order valence-corrected chi connectivity index (χ3v) is 5.10. The van der Waals surface area contributed by atoms with E-state index in [4.69, 9.17) is 14.2 Å². The van der Waals surface area contributed by atoms with Crippen molar-refractivity contribution in [1.82, 2.24) is 9.97 Å². The van der Waals surface area contributed by atoms with Crippen LogP contribution < -0.4 is 9.47 Å². The Morgan fingerprint density at radius 2 is 1.79 bits per heavy atom. The number of carbonyl (C=O) groups excluding carboxylic acids is 1. The second-order valence-corrected chi connectivity index (χ2v) is 8.77. The molecule has 1 aromatic carbocycles. The summed E-state index contributed by atoms with van der Waals surface area (Å²) in [7, 11) is -3.51. The Kier molecular flexibility index (Phi) is 6.96. The van der Waals surface area contributed by atoms with Gasteiger partial charge in [0.2, 0.25) is 0 Å². The summed E-state index contributed by atoms with van der Waals surface area (Å²) >= 11 is 0. The summed E-state index contributed by atoms with van der Waals surface area (Å²) in [5.74, 6) is -0.458. The number of halogens is 3. The van der Waals surface area contributed by atoms with Crippen molar-refractivity contribution in [1.29, 1.82) is 0 Å². The lowest BCUT2D eigenvalue weighted by Gasteiger charge is -2.13. The van der Waals surface area contributed by atoms with Crippen molar-refractivity contribution in [2.75, 3.05) is 19.5 Å². The number of H-pyrrole nitrogens is 1. The summed E-state index contributed by atoms with van der Waals surface area (Å²) in [5, 5.41) is -0.157. The summed E-state index contributed by atoms with van der Waals surface area (Å²) < 4.78 is 76.4. The molecule has 0 atom stereocenters. The lowest BCUT2D eigenvalue weighted by molar-refractivity contribution is -0.153. The lowest BCUT2D eigenvalue weighted by Crippen LogP contribution is -2.19. The van der Waals surface area contributed by atoms with E-state index < -0.39 is 28.6 Å². The van der Waals surface area contributed by atoms with E-state index in [0.717, 1.165) is 6.26 Å². The molecule has 0 spiro atoms. The molecule has 12 heteroatoms. The van der Waals surface area contributed by atoms with E-state index in [1.807, 2.05) is 0 Å². The Labute approximate surface area is 187 Å². The molecule has 0 aliphatic carbocycles. The normalized spacial score (nSPS) is 11.8. The second kappa shape index (κ2) is 9.53. The summed E-state index contributed by atoms with van der Waals surface area (Å²) in [5.41, 5.74) is 0.948. The minimum Gasteiger partial charge on any atom is -0.484 e. The van der Waals surface area contributed by atoms with Gasteiger partial charge in [-0.2, -0.15) is 13.2 Å². The number of aromatic amines is 1. The van der Waals surface area contributed by atoms with Crippen LogP contribution in [-0.2, 0) is 14.6 Å². The Hall–Kier alpha value is -3.54. The smallest absolute Gasteiger partial charge is 0.422 e. The highest BCUT2D eigenvalue weighted by molar-refractivity contribution is 7.90. The van der Waals surface area contributed by atoms with E-state index in [0.29, 0.717) is 11.3 Å². The van der Waals surface area contributed by atoms with Gasteiger partial charge >= 0.3 is 12.1 Å². The topological polar surface area (TPSA) is 108 Å². The highest BCUT2D eigenvalue weighted by Gasteiger charge is 2.28. The maximum absolute atomic E-state index is 12.6. The molecule has 0 saturated heterocycles. The number of nitrogens with zero attached hydrogens (tertiary/aromatic N) is 1. The SMILES string of the molecule is CCOC(=O)c1ccc(-c2cc(OCC(F)(F)F)cc(Oc3ccc(S(C)(=O)=O)nc3)c2)[nH]1. The molecule has 0 amide bonds. The van der Waals surface area contributed by atoms with E-state index in [9.17, 15) is 26.4 Å². The molecule has 2 aromatic heterocycles. The maximum atomic E-state index is 12.6. The number of nitrogens with one attached hydrogen (secondary N) is 1. The number of esters is 1. The first-order chi connectivity index (χ1) is 15.4. The number of pyridine rings is 1. The van der Waals surface area contributed by atoms with Crippen LogP contribution in [0.4, 0.5) is 13.2 Å². The Bertz CT molecular complexity index is 1240. The van der Waals surface area contributed by atoms with Gasteiger partial charge in [-0.25, -0.2) is 18.2 Å². The zero-order valence-corrected chi connectivity index (χ0v) is 18.3. The minimum atomic E-state index is -4.55. The molecule has 0 saturated carbocycles. The van der Waals surface area contributed by atoms with Gasteiger partial charge in [0, 0.05) is 23.6 Å². The molecule has 0 aliphatic rings. The molecule has 0 fully saturated rings. The quantitative estimate of drug-likeness (QED) is 0.473. The van der Waals surface area contributed by atoms with Crippen LogP contribution in [0, 0.1) is 0 Å². The first kappa shape index (κ1) is 24.1. The zero-order valence-electron chi connectivity index (χ0n) is 17.5. The van der Waals surface area contributed by atoms with E-state index in [2.05, 4.69) is 9.97 Å². The first-order valence-electron chi connectivity index (χ1n) is 9.50. The van der Waals surface area contributed by atoms with Crippen molar-refractivity contribution >= 4 is 15.8 Å². The van der Waals surface area contributed by atoms with Gasteiger partial charge in [-0.1, -0.05) is 0 Å². The predicted octanol–water partition coefficient (Wildman–Crippen LogP) is 4.39. The number of sulfone groups is 1. The third-order valence-electron chi connectivity index (χ3n) is 4.10. The molecule has 0 unspecified atom stereocenters. The summed E-state index contributed by atoms with van der Waals surface area (Å²) in [4.78, 5) is 18.5. The lowest BCUT2D eigenvalue weighted by atomic mass is 10.1. The van der Waals surface area contributed by atoms with Gasteiger partial charge in [-0.15, -0.1) is 0 Å². The Balaban J connectivity index is 1.93. The average Bonchev–Trinajstić information content (AvgIpc) is 3.22. The van der Waals surface area contributed by atoms with Crippen LogP contribution in [0.3, 0.4) is 0 Å². The summed E-state index contributed by atoms with van der Waals surface area (Å²) in [6.45, 7) is 0.321. The molecule has 3 aromatic rings. The van der Waals surface area contributed by atoms with Crippen LogP contribution in [0.2, 0.25) is 0 Å². The molecule has 3 rings (SSSR count). The van der Waals surface area contributed by atoms with E-state index in [1.54, 1.807) is 13.0 Å². The molecule has 2 heterocycles. The molecular formula is C21H19F3N2O6S. The van der Waals surface area contributed by atoms with Crippen LogP contribution >= 0.6 is 0 Å². The number of alkyl halides is 3. The van der Waals surface area contributed by atoms with Gasteiger partial charge in [0.15, 0.2) is 21.5 Å². The van der Waals surface area contributed by atoms with E-state index in [1.165, 1.54) is 42.6 Å². The number of rotatable bonds is 8.